The molecule has 140 valence electrons. The second-order valence-electron chi connectivity index (χ2n) is 6.29. The van der Waals surface area contributed by atoms with Crippen LogP contribution in [0, 0.1) is 0 Å². The summed E-state index contributed by atoms with van der Waals surface area (Å²) in [6.07, 6.45) is 4.40. The molecule has 2 aromatic carbocycles. The third-order valence-corrected chi connectivity index (χ3v) is 5.29. The van der Waals surface area contributed by atoms with Gasteiger partial charge in [-0.1, -0.05) is 63.3 Å². The molecule has 0 atom stereocenters. The molecule has 0 saturated heterocycles. The number of thiocarbonyl (C=S) groups is 2. The van der Waals surface area contributed by atoms with Gasteiger partial charge in [-0.05, 0) is 47.9 Å². The van der Waals surface area contributed by atoms with Crippen molar-refractivity contribution in [1.29, 1.82) is 0 Å². The molecule has 0 aromatic heterocycles. The molecule has 0 aliphatic carbocycles. The van der Waals surface area contributed by atoms with Crippen LogP contribution in [0.2, 0.25) is 0 Å². The number of unbranched alkanes of at least 4 members (excludes halogenated alkanes) is 2. The summed E-state index contributed by atoms with van der Waals surface area (Å²) in [5, 5.41) is 2.36. The van der Waals surface area contributed by atoms with E-state index in [1.54, 1.807) is 0 Å². The Bertz CT molecular complexity index is 715. The summed E-state index contributed by atoms with van der Waals surface area (Å²) in [7, 11) is 0. The molecule has 0 fully saturated rings. The van der Waals surface area contributed by atoms with Gasteiger partial charge in [0.05, 0.1) is 0 Å². The van der Waals surface area contributed by atoms with Gasteiger partial charge in [0, 0.05) is 24.5 Å². The van der Waals surface area contributed by atoms with Gasteiger partial charge < -0.3 is 9.80 Å². The van der Waals surface area contributed by atoms with Gasteiger partial charge in [-0.3, -0.25) is 0 Å². The first-order valence-electron chi connectivity index (χ1n) is 9.02. The van der Waals surface area contributed by atoms with Crippen LogP contribution >= 0.6 is 49.7 Å². The molecule has 0 spiro atoms. The fourth-order valence-corrected chi connectivity index (χ4v) is 3.68. The average Bonchev–Trinajstić information content (AvgIpc) is 2.61. The van der Waals surface area contributed by atoms with Crippen LogP contribution in [0.4, 0.5) is 11.4 Å². The van der Waals surface area contributed by atoms with E-state index < -0.39 is 0 Å². The van der Waals surface area contributed by atoms with Crippen LogP contribution in [-0.2, 0) is 0 Å². The van der Waals surface area contributed by atoms with Gasteiger partial charge in [0.2, 0.25) is 0 Å². The predicted octanol–water partition coefficient (Wildman–Crippen LogP) is 6.48. The predicted molar refractivity (Wildman–Crippen MR) is 132 cm³/mol. The van der Waals surface area contributed by atoms with Gasteiger partial charge in [0.25, 0.3) is 0 Å². The summed E-state index contributed by atoms with van der Waals surface area (Å²) in [5.74, 6) is 0. The van der Waals surface area contributed by atoms with Crippen LogP contribution in [0.5, 0.6) is 0 Å². The lowest BCUT2D eigenvalue weighted by molar-refractivity contribution is 0.800. The molecule has 0 saturated carbocycles. The first-order valence-corrected chi connectivity index (χ1v) is 10.7. The third-order valence-electron chi connectivity index (χ3n) is 4.36. The summed E-state index contributed by atoms with van der Waals surface area (Å²) >= 11 is 19.5. The monoisotopic (exact) mass is 422 g/mol. The second-order valence-corrected chi connectivity index (χ2v) is 8.52. The molecule has 0 aliphatic rings. The maximum absolute atomic E-state index is 5.34. The molecule has 0 unspecified atom stereocenters. The molecular formula is C20H26N2S4. The molecule has 6 heteroatoms. The lowest BCUT2D eigenvalue weighted by atomic mass is 10.1. The van der Waals surface area contributed by atoms with E-state index in [0.717, 1.165) is 55.5 Å². The van der Waals surface area contributed by atoms with Gasteiger partial charge >= 0.3 is 0 Å². The number of thiol groups is 2. The van der Waals surface area contributed by atoms with E-state index >= 15 is 0 Å². The number of nitrogens with zero attached hydrogens (tertiary/aromatic N) is 2. The summed E-state index contributed by atoms with van der Waals surface area (Å²) in [6.45, 7) is 6.12. The van der Waals surface area contributed by atoms with Gasteiger partial charge in [-0.25, -0.2) is 0 Å². The Labute approximate surface area is 178 Å². The zero-order valence-electron chi connectivity index (χ0n) is 15.3. The average molecular weight is 423 g/mol. The van der Waals surface area contributed by atoms with Crippen molar-refractivity contribution in [1.82, 2.24) is 0 Å². The zero-order valence-corrected chi connectivity index (χ0v) is 18.7. The van der Waals surface area contributed by atoms with Crippen molar-refractivity contribution in [3.8, 4) is 0 Å². The Hall–Kier alpha value is -0.820. The Morgan fingerprint density at radius 2 is 1.19 bits per heavy atom. The van der Waals surface area contributed by atoms with Crippen LogP contribution in [0.3, 0.4) is 0 Å². The molecule has 2 rings (SSSR count). The van der Waals surface area contributed by atoms with E-state index in [-0.39, 0.29) is 0 Å². The molecule has 0 amide bonds. The first kappa shape index (κ1) is 21.5. The molecular weight excluding hydrogens is 397 g/mol. The van der Waals surface area contributed by atoms with E-state index in [1.165, 1.54) is 5.39 Å². The number of benzene rings is 2. The smallest absolute Gasteiger partial charge is 0.137 e. The standard InChI is InChI=1S/C20H26N2S4/c1-3-5-11-21(19(23)24)17-9-7-15-8-10-18(14-16(15)13-17)22(20(25)26)12-6-4-2/h7-10,13-14H,3-6,11-12H2,1-2H3,(H,23,24)(H,25,26). The minimum atomic E-state index is 0.607. The Morgan fingerprint density at radius 3 is 1.54 bits per heavy atom. The maximum atomic E-state index is 5.34. The van der Waals surface area contributed by atoms with Crippen LogP contribution in [0.1, 0.15) is 39.5 Å². The third kappa shape index (κ3) is 5.59. The zero-order chi connectivity index (χ0) is 19.1. The number of rotatable bonds is 8. The highest BCUT2D eigenvalue weighted by Gasteiger charge is 2.12. The van der Waals surface area contributed by atoms with Gasteiger partial charge in [0.15, 0.2) is 0 Å². The fourth-order valence-electron chi connectivity index (χ4n) is 2.86. The van der Waals surface area contributed by atoms with E-state index in [9.17, 15) is 0 Å². The molecule has 2 aromatic rings. The minimum Gasteiger partial charge on any atom is -0.327 e. The molecule has 2 nitrogen and oxygen atoms in total. The van der Waals surface area contributed by atoms with Gasteiger partial charge in [-0.15, -0.1) is 25.3 Å². The molecule has 0 radical (unpaired) electrons. The van der Waals surface area contributed by atoms with Crippen molar-refractivity contribution >= 4 is 80.5 Å². The van der Waals surface area contributed by atoms with E-state index in [0.29, 0.717) is 8.64 Å². The summed E-state index contributed by atoms with van der Waals surface area (Å²) in [5.41, 5.74) is 2.16. The summed E-state index contributed by atoms with van der Waals surface area (Å²) in [6, 6.07) is 12.8. The van der Waals surface area contributed by atoms with E-state index in [2.05, 4.69) is 85.3 Å². The maximum Gasteiger partial charge on any atom is 0.137 e. The summed E-state index contributed by atoms with van der Waals surface area (Å²) < 4.78 is 1.21. The highest BCUT2D eigenvalue weighted by Crippen LogP contribution is 2.28. The van der Waals surface area contributed by atoms with Gasteiger partial charge in [-0.2, -0.15) is 0 Å². The second kappa shape index (κ2) is 10.5. The first-order chi connectivity index (χ1) is 12.5. The SMILES string of the molecule is CCCCN(C(=S)S)c1ccc2ccc(N(CCCC)C(=S)S)cc2c1. The van der Waals surface area contributed by atoms with Crippen LogP contribution in [0.25, 0.3) is 10.8 Å². The Balaban J connectivity index is 2.40. The molecule has 0 bridgehead atoms. The number of hydrogen-bond acceptors (Lipinski definition) is 2. The molecule has 0 aliphatic heterocycles. The quantitative estimate of drug-likeness (QED) is 0.371. The van der Waals surface area contributed by atoms with E-state index in [4.69, 9.17) is 24.4 Å². The van der Waals surface area contributed by atoms with Gasteiger partial charge in [0.1, 0.15) is 8.64 Å². The summed E-state index contributed by atoms with van der Waals surface area (Å²) in [4.78, 5) is 4.18. The Morgan fingerprint density at radius 1 is 0.769 bits per heavy atom. The highest BCUT2D eigenvalue weighted by atomic mass is 32.1. The van der Waals surface area contributed by atoms with E-state index in [1.807, 2.05) is 0 Å². The van der Waals surface area contributed by atoms with Crippen molar-refractivity contribution in [2.75, 3.05) is 22.9 Å². The van der Waals surface area contributed by atoms with Crippen molar-refractivity contribution in [3.05, 3.63) is 36.4 Å². The number of anilines is 2. The normalized spacial score (nSPS) is 10.8. The fraction of sp³-hybridized carbons (Fsp3) is 0.400. The van der Waals surface area contributed by atoms with Crippen molar-refractivity contribution < 1.29 is 0 Å². The molecule has 26 heavy (non-hydrogen) atoms. The van der Waals surface area contributed by atoms with Crippen molar-refractivity contribution in [3.63, 3.8) is 0 Å². The van der Waals surface area contributed by atoms with Crippen LogP contribution in [0.15, 0.2) is 36.4 Å². The highest BCUT2D eigenvalue weighted by molar-refractivity contribution is 8.11. The molecule has 0 heterocycles. The Kier molecular flexibility index (Phi) is 8.67. The van der Waals surface area contributed by atoms with Crippen molar-refractivity contribution in [2.24, 2.45) is 0 Å². The lowest BCUT2D eigenvalue weighted by Crippen LogP contribution is -2.27. The number of hydrogen-bond donors (Lipinski definition) is 2. The lowest BCUT2D eigenvalue weighted by Gasteiger charge is -2.24. The topological polar surface area (TPSA) is 6.48 Å². The van der Waals surface area contributed by atoms with Crippen LogP contribution in [-0.4, -0.2) is 21.7 Å². The molecule has 0 N–H and O–H groups in total. The minimum absolute atomic E-state index is 0.607. The number of fused-ring (bicyclic) bond motifs is 1. The van der Waals surface area contributed by atoms with Crippen molar-refractivity contribution in [2.45, 2.75) is 39.5 Å². The largest absolute Gasteiger partial charge is 0.327 e. The van der Waals surface area contributed by atoms with Crippen LogP contribution < -0.4 is 9.80 Å².